The van der Waals surface area contributed by atoms with Crippen molar-refractivity contribution in [1.82, 2.24) is 5.32 Å². The topological polar surface area (TPSA) is 59.6 Å². The molecule has 4 heteroatoms. The molecule has 3 N–H and O–H groups in total. The van der Waals surface area contributed by atoms with Crippen molar-refractivity contribution in [2.45, 2.75) is 18.9 Å². The summed E-state index contributed by atoms with van der Waals surface area (Å²) in [4.78, 5) is 3.82. The normalized spacial score (nSPS) is 20.8. The number of rotatable bonds is 3. The highest BCUT2D eigenvalue weighted by atomic mass is 16.5. The van der Waals surface area contributed by atoms with Gasteiger partial charge in [0.15, 0.2) is 0 Å². The van der Waals surface area contributed by atoms with E-state index in [1.54, 1.807) is 13.3 Å². The molecule has 1 rings (SSSR count). The smallest absolute Gasteiger partial charge is 0.0654 e. The predicted octanol–water partition coefficient (Wildman–Crippen LogP) is 0.256. The molecule has 1 heterocycles. The van der Waals surface area contributed by atoms with Crippen LogP contribution in [-0.2, 0) is 4.74 Å². The summed E-state index contributed by atoms with van der Waals surface area (Å²) in [6.45, 7) is 1.68. The molecule has 0 amide bonds. The maximum Gasteiger partial charge on any atom is 0.0654 e. The highest BCUT2D eigenvalue weighted by Gasteiger charge is 2.10. The van der Waals surface area contributed by atoms with Gasteiger partial charge in [-0.2, -0.15) is 0 Å². The summed E-state index contributed by atoms with van der Waals surface area (Å²) in [5.74, 6) is 0. The van der Waals surface area contributed by atoms with Gasteiger partial charge < -0.3 is 15.8 Å². The third-order valence-corrected chi connectivity index (χ3v) is 1.99. The first-order valence-corrected chi connectivity index (χ1v) is 4.54. The molecule has 1 fully saturated rings. The largest absolute Gasteiger partial charge is 0.396 e. The van der Waals surface area contributed by atoms with Gasteiger partial charge in [0.2, 0.25) is 0 Å². The van der Waals surface area contributed by atoms with Crippen LogP contribution in [0.2, 0.25) is 0 Å². The van der Waals surface area contributed by atoms with Crippen molar-refractivity contribution in [2.75, 3.05) is 20.3 Å². The van der Waals surface area contributed by atoms with E-state index in [0.29, 0.717) is 11.7 Å². The lowest BCUT2D eigenvalue weighted by Crippen LogP contribution is -2.32. The molecule has 0 unspecified atom stereocenters. The molecular weight excluding hydrogens is 166 g/mol. The van der Waals surface area contributed by atoms with Gasteiger partial charge in [-0.05, 0) is 12.8 Å². The van der Waals surface area contributed by atoms with E-state index >= 15 is 0 Å². The lowest BCUT2D eigenvalue weighted by atomic mass is 10.1. The summed E-state index contributed by atoms with van der Waals surface area (Å²) < 4.78 is 5.24. The lowest BCUT2D eigenvalue weighted by Gasteiger charge is -2.22. The van der Waals surface area contributed by atoms with Crippen LogP contribution in [0.25, 0.3) is 0 Å². The molecule has 0 aromatic carbocycles. The van der Waals surface area contributed by atoms with E-state index in [-0.39, 0.29) is 0 Å². The van der Waals surface area contributed by atoms with Crippen molar-refractivity contribution < 1.29 is 4.74 Å². The number of nitrogens with one attached hydrogen (secondary N) is 1. The van der Waals surface area contributed by atoms with E-state index < -0.39 is 0 Å². The van der Waals surface area contributed by atoms with Gasteiger partial charge in [0.1, 0.15) is 0 Å². The first kappa shape index (κ1) is 10.1. The van der Waals surface area contributed by atoms with Gasteiger partial charge in [-0.25, -0.2) is 0 Å². The van der Waals surface area contributed by atoms with Crippen molar-refractivity contribution in [3.05, 3.63) is 11.9 Å². The number of aliphatic imine (C=N–C) groups is 1. The lowest BCUT2D eigenvalue weighted by molar-refractivity contribution is 0.0812. The van der Waals surface area contributed by atoms with Crippen LogP contribution in [0.5, 0.6) is 0 Å². The van der Waals surface area contributed by atoms with Crippen LogP contribution in [-0.4, -0.2) is 32.5 Å². The molecule has 1 aliphatic rings. The minimum absolute atomic E-state index is 0.498. The summed E-state index contributed by atoms with van der Waals surface area (Å²) in [5.41, 5.74) is 6.28. The zero-order valence-electron chi connectivity index (χ0n) is 7.99. The average Bonchev–Trinajstić information content (AvgIpc) is 2.17. The van der Waals surface area contributed by atoms with Crippen LogP contribution in [0, 0.1) is 0 Å². The van der Waals surface area contributed by atoms with Gasteiger partial charge in [0.25, 0.3) is 0 Å². The fourth-order valence-electron chi connectivity index (χ4n) is 1.26. The van der Waals surface area contributed by atoms with Crippen molar-refractivity contribution in [3.63, 3.8) is 0 Å². The van der Waals surface area contributed by atoms with E-state index in [1.807, 2.05) is 6.20 Å². The Morgan fingerprint density at radius 3 is 2.85 bits per heavy atom. The second kappa shape index (κ2) is 5.59. The second-order valence-corrected chi connectivity index (χ2v) is 3.08. The zero-order valence-corrected chi connectivity index (χ0v) is 7.99. The minimum Gasteiger partial charge on any atom is -0.396 e. The molecule has 0 aromatic rings. The van der Waals surface area contributed by atoms with Crippen molar-refractivity contribution in [1.29, 1.82) is 0 Å². The summed E-state index contributed by atoms with van der Waals surface area (Å²) in [6, 6.07) is 0.498. The molecular formula is C9H17N3O. The quantitative estimate of drug-likeness (QED) is 0.617. The van der Waals surface area contributed by atoms with Crippen LogP contribution >= 0.6 is 0 Å². The van der Waals surface area contributed by atoms with Crippen LogP contribution in [0.15, 0.2) is 16.9 Å². The molecule has 0 aromatic heterocycles. The van der Waals surface area contributed by atoms with E-state index in [9.17, 15) is 0 Å². The third-order valence-electron chi connectivity index (χ3n) is 1.99. The van der Waals surface area contributed by atoms with Crippen molar-refractivity contribution >= 4 is 6.21 Å². The molecule has 74 valence electrons. The maximum atomic E-state index is 5.62. The monoisotopic (exact) mass is 183 g/mol. The second-order valence-electron chi connectivity index (χ2n) is 3.08. The van der Waals surface area contributed by atoms with E-state index in [4.69, 9.17) is 10.5 Å². The SMILES string of the molecule is CN=C/C(N)=C\NC1CCOCC1. The number of allylic oxidation sites excluding steroid dienone is 1. The van der Waals surface area contributed by atoms with Gasteiger partial charge in [-0.3, -0.25) is 4.99 Å². The van der Waals surface area contributed by atoms with Crippen LogP contribution in [0.4, 0.5) is 0 Å². The maximum absolute atomic E-state index is 5.62. The first-order valence-electron chi connectivity index (χ1n) is 4.54. The van der Waals surface area contributed by atoms with Gasteiger partial charge in [0, 0.05) is 38.7 Å². The van der Waals surface area contributed by atoms with E-state index in [2.05, 4.69) is 10.3 Å². The minimum atomic E-state index is 0.498. The number of nitrogens with two attached hydrogens (primary N) is 1. The zero-order chi connectivity index (χ0) is 9.52. The number of nitrogens with zero attached hydrogens (tertiary/aromatic N) is 1. The van der Waals surface area contributed by atoms with Crippen LogP contribution in [0.3, 0.4) is 0 Å². The fraction of sp³-hybridized carbons (Fsp3) is 0.667. The number of hydrogen-bond donors (Lipinski definition) is 2. The van der Waals surface area contributed by atoms with Gasteiger partial charge in [0.05, 0.1) is 5.70 Å². The summed E-state index contributed by atoms with van der Waals surface area (Å²) in [7, 11) is 1.70. The first-order chi connectivity index (χ1) is 6.33. The van der Waals surface area contributed by atoms with Crippen molar-refractivity contribution in [2.24, 2.45) is 10.7 Å². The van der Waals surface area contributed by atoms with Gasteiger partial charge in [-0.15, -0.1) is 0 Å². The highest BCUT2D eigenvalue weighted by Crippen LogP contribution is 2.05. The molecule has 0 aliphatic carbocycles. The summed E-state index contributed by atoms with van der Waals surface area (Å²) >= 11 is 0. The molecule has 0 radical (unpaired) electrons. The Labute approximate surface area is 78.9 Å². The fourth-order valence-corrected chi connectivity index (χ4v) is 1.26. The Morgan fingerprint density at radius 2 is 2.23 bits per heavy atom. The Balaban J connectivity index is 2.27. The van der Waals surface area contributed by atoms with Gasteiger partial charge >= 0.3 is 0 Å². The Kier molecular flexibility index (Phi) is 4.32. The molecule has 13 heavy (non-hydrogen) atoms. The molecule has 1 saturated heterocycles. The molecule has 4 nitrogen and oxygen atoms in total. The van der Waals surface area contributed by atoms with E-state index in [1.165, 1.54) is 0 Å². The standard InChI is InChI=1S/C9H17N3O/c1-11-6-8(10)7-12-9-2-4-13-5-3-9/h6-7,9,12H,2-5,10H2,1H3/b8-7+,11-6?. The predicted molar refractivity (Wildman–Crippen MR) is 53.7 cm³/mol. The molecule has 1 aliphatic heterocycles. The molecule has 0 saturated carbocycles. The summed E-state index contributed by atoms with van der Waals surface area (Å²) in [5, 5.41) is 3.25. The molecule has 0 spiro atoms. The van der Waals surface area contributed by atoms with E-state index in [0.717, 1.165) is 26.1 Å². The Morgan fingerprint density at radius 1 is 1.54 bits per heavy atom. The van der Waals surface area contributed by atoms with Crippen LogP contribution < -0.4 is 11.1 Å². The Hall–Kier alpha value is -1.03. The van der Waals surface area contributed by atoms with Crippen molar-refractivity contribution in [3.8, 4) is 0 Å². The average molecular weight is 183 g/mol. The van der Waals surface area contributed by atoms with Gasteiger partial charge in [-0.1, -0.05) is 0 Å². The third kappa shape index (κ3) is 3.94. The molecule has 0 atom stereocenters. The molecule has 0 bridgehead atoms. The summed E-state index contributed by atoms with van der Waals surface area (Å²) in [6.07, 6.45) is 5.54. The highest BCUT2D eigenvalue weighted by molar-refractivity contribution is 5.76. The van der Waals surface area contributed by atoms with Crippen LogP contribution in [0.1, 0.15) is 12.8 Å². The Bertz CT molecular complexity index is 195. The number of hydrogen-bond acceptors (Lipinski definition) is 4. The number of ether oxygens (including phenoxy) is 1.